The molecule has 100 valence electrons. The summed E-state index contributed by atoms with van der Waals surface area (Å²) in [4.78, 5) is 10.7. The SMILES string of the molecule is COc1ccc(CN(C)c2ncnc(C)c2C)cc1. The first kappa shape index (κ1) is 13.3. The predicted octanol–water partition coefficient (Wildman–Crippen LogP) is 2.74. The van der Waals surface area contributed by atoms with Gasteiger partial charge < -0.3 is 9.64 Å². The van der Waals surface area contributed by atoms with Gasteiger partial charge in [-0.25, -0.2) is 9.97 Å². The normalized spacial score (nSPS) is 10.3. The van der Waals surface area contributed by atoms with Gasteiger partial charge >= 0.3 is 0 Å². The summed E-state index contributed by atoms with van der Waals surface area (Å²) in [5.41, 5.74) is 3.36. The molecular weight excluding hydrogens is 238 g/mol. The van der Waals surface area contributed by atoms with E-state index in [9.17, 15) is 0 Å². The van der Waals surface area contributed by atoms with Gasteiger partial charge in [-0.2, -0.15) is 0 Å². The average molecular weight is 257 g/mol. The number of ether oxygens (including phenoxy) is 1. The second-order valence-electron chi connectivity index (χ2n) is 4.61. The molecule has 2 rings (SSSR count). The van der Waals surface area contributed by atoms with E-state index in [0.29, 0.717) is 0 Å². The molecule has 4 heteroatoms. The Kier molecular flexibility index (Phi) is 4.00. The van der Waals surface area contributed by atoms with Gasteiger partial charge in [-0.05, 0) is 31.5 Å². The molecule has 0 aliphatic rings. The van der Waals surface area contributed by atoms with Crippen LogP contribution in [0.1, 0.15) is 16.8 Å². The highest BCUT2D eigenvalue weighted by atomic mass is 16.5. The minimum absolute atomic E-state index is 0.807. The lowest BCUT2D eigenvalue weighted by molar-refractivity contribution is 0.414. The van der Waals surface area contributed by atoms with E-state index in [-0.39, 0.29) is 0 Å². The Morgan fingerprint density at radius 2 is 1.79 bits per heavy atom. The summed E-state index contributed by atoms with van der Waals surface area (Å²) in [5.74, 6) is 1.85. The molecule has 0 N–H and O–H groups in total. The monoisotopic (exact) mass is 257 g/mol. The van der Waals surface area contributed by atoms with E-state index in [1.807, 2.05) is 26.1 Å². The van der Waals surface area contributed by atoms with Gasteiger partial charge in [-0.15, -0.1) is 0 Å². The van der Waals surface area contributed by atoms with E-state index < -0.39 is 0 Å². The van der Waals surface area contributed by atoms with Crippen molar-refractivity contribution in [1.82, 2.24) is 9.97 Å². The lowest BCUT2D eigenvalue weighted by atomic mass is 10.2. The number of aromatic nitrogens is 2. The van der Waals surface area contributed by atoms with Crippen molar-refractivity contribution < 1.29 is 4.74 Å². The molecule has 0 fully saturated rings. The van der Waals surface area contributed by atoms with Crippen LogP contribution >= 0.6 is 0 Å². The summed E-state index contributed by atoms with van der Waals surface area (Å²) < 4.78 is 5.16. The van der Waals surface area contributed by atoms with Crippen molar-refractivity contribution in [1.29, 1.82) is 0 Å². The van der Waals surface area contributed by atoms with Crippen LogP contribution in [0.2, 0.25) is 0 Å². The number of nitrogens with zero attached hydrogens (tertiary/aromatic N) is 3. The van der Waals surface area contributed by atoms with Gasteiger partial charge in [0, 0.05) is 24.8 Å². The molecule has 0 saturated heterocycles. The summed E-state index contributed by atoms with van der Waals surface area (Å²) >= 11 is 0. The summed E-state index contributed by atoms with van der Waals surface area (Å²) in [6.07, 6.45) is 1.61. The van der Waals surface area contributed by atoms with Gasteiger partial charge in [0.05, 0.1) is 7.11 Å². The molecule has 0 amide bonds. The van der Waals surface area contributed by atoms with Crippen molar-refractivity contribution in [2.24, 2.45) is 0 Å². The topological polar surface area (TPSA) is 38.2 Å². The van der Waals surface area contributed by atoms with Gasteiger partial charge in [-0.3, -0.25) is 0 Å². The first-order valence-electron chi connectivity index (χ1n) is 6.24. The Labute approximate surface area is 114 Å². The number of benzene rings is 1. The van der Waals surface area contributed by atoms with E-state index in [4.69, 9.17) is 4.74 Å². The summed E-state index contributed by atoms with van der Waals surface area (Å²) in [6, 6.07) is 8.08. The maximum Gasteiger partial charge on any atom is 0.135 e. The van der Waals surface area contributed by atoms with Crippen LogP contribution in [0.15, 0.2) is 30.6 Å². The fourth-order valence-electron chi connectivity index (χ4n) is 1.99. The number of rotatable bonds is 4. The Hall–Kier alpha value is -2.10. The number of anilines is 1. The molecule has 4 nitrogen and oxygen atoms in total. The highest BCUT2D eigenvalue weighted by Crippen LogP contribution is 2.19. The number of methoxy groups -OCH3 is 1. The van der Waals surface area contributed by atoms with Crippen molar-refractivity contribution >= 4 is 5.82 Å². The molecule has 0 aliphatic heterocycles. The summed E-state index contributed by atoms with van der Waals surface area (Å²) in [5, 5.41) is 0. The third-order valence-corrected chi connectivity index (χ3v) is 3.25. The minimum Gasteiger partial charge on any atom is -0.497 e. The largest absolute Gasteiger partial charge is 0.497 e. The average Bonchev–Trinajstić information content (AvgIpc) is 2.42. The molecular formula is C15H19N3O. The maximum absolute atomic E-state index is 5.16. The zero-order chi connectivity index (χ0) is 13.8. The molecule has 1 heterocycles. The first-order chi connectivity index (χ1) is 9.11. The van der Waals surface area contributed by atoms with Crippen LogP contribution in [-0.2, 0) is 6.54 Å². The third kappa shape index (κ3) is 3.02. The predicted molar refractivity (Wildman–Crippen MR) is 76.6 cm³/mol. The highest BCUT2D eigenvalue weighted by molar-refractivity contribution is 5.47. The number of hydrogen-bond donors (Lipinski definition) is 0. The third-order valence-electron chi connectivity index (χ3n) is 3.25. The maximum atomic E-state index is 5.16. The quantitative estimate of drug-likeness (QED) is 0.844. The fourth-order valence-corrected chi connectivity index (χ4v) is 1.99. The number of hydrogen-bond acceptors (Lipinski definition) is 4. The zero-order valence-electron chi connectivity index (χ0n) is 11.8. The summed E-state index contributed by atoms with van der Waals surface area (Å²) in [6.45, 7) is 4.86. The Morgan fingerprint density at radius 1 is 1.11 bits per heavy atom. The van der Waals surface area contributed by atoms with Crippen molar-refractivity contribution in [3.8, 4) is 5.75 Å². The molecule has 2 aromatic rings. The Balaban J connectivity index is 2.15. The first-order valence-corrected chi connectivity index (χ1v) is 6.24. The standard InChI is InChI=1S/C15H19N3O/c1-11-12(2)16-10-17-15(11)18(3)9-13-5-7-14(19-4)8-6-13/h5-8,10H,9H2,1-4H3. The Bertz CT molecular complexity index is 552. The van der Waals surface area contributed by atoms with Crippen molar-refractivity contribution in [2.45, 2.75) is 20.4 Å². The van der Waals surface area contributed by atoms with Gasteiger partial charge in [0.1, 0.15) is 17.9 Å². The summed E-state index contributed by atoms with van der Waals surface area (Å²) in [7, 11) is 3.72. The van der Waals surface area contributed by atoms with E-state index >= 15 is 0 Å². The van der Waals surface area contributed by atoms with E-state index in [1.165, 1.54) is 5.56 Å². The van der Waals surface area contributed by atoms with Gasteiger partial charge in [0.25, 0.3) is 0 Å². The van der Waals surface area contributed by atoms with Gasteiger partial charge in [0.15, 0.2) is 0 Å². The molecule has 0 aliphatic carbocycles. The fraction of sp³-hybridized carbons (Fsp3) is 0.333. The van der Waals surface area contributed by atoms with Crippen molar-refractivity contribution in [2.75, 3.05) is 19.1 Å². The van der Waals surface area contributed by atoms with Crippen LogP contribution in [0, 0.1) is 13.8 Å². The molecule has 1 aromatic carbocycles. The molecule has 0 atom stereocenters. The van der Waals surface area contributed by atoms with Crippen LogP contribution in [0.25, 0.3) is 0 Å². The second kappa shape index (κ2) is 5.69. The molecule has 1 aromatic heterocycles. The molecule has 0 saturated carbocycles. The number of aryl methyl sites for hydroxylation is 1. The zero-order valence-corrected chi connectivity index (χ0v) is 11.8. The molecule has 0 unspecified atom stereocenters. The van der Waals surface area contributed by atoms with Crippen LogP contribution in [-0.4, -0.2) is 24.1 Å². The highest BCUT2D eigenvalue weighted by Gasteiger charge is 2.09. The van der Waals surface area contributed by atoms with Gasteiger partial charge in [-0.1, -0.05) is 12.1 Å². The van der Waals surface area contributed by atoms with E-state index in [0.717, 1.165) is 29.4 Å². The van der Waals surface area contributed by atoms with Crippen LogP contribution in [0.5, 0.6) is 5.75 Å². The Morgan fingerprint density at radius 3 is 2.42 bits per heavy atom. The van der Waals surface area contributed by atoms with Gasteiger partial charge in [0.2, 0.25) is 0 Å². The minimum atomic E-state index is 0.807. The van der Waals surface area contributed by atoms with Crippen LogP contribution in [0.3, 0.4) is 0 Å². The van der Waals surface area contributed by atoms with Crippen LogP contribution < -0.4 is 9.64 Å². The van der Waals surface area contributed by atoms with Crippen LogP contribution in [0.4, 0.5) is 5.82 Å². The van der Waals surface area contributed by atoms with E-state index in [2.05, 4.69) is 33.9 Å². The molecule has 0 spiro atoms. The molecule has 19 heavy (non-hydrogen) atoms. The van der Waals surface area contributed by atoms with Crippen molar-refractivity contribution in [3.05, 3.63) is 47.4 Å². The van der Waals surface area contributed by atoms with E-state index in [1.54, 1.807) is 13.4 Å². The van der Waals surface area contributed by atoms with Crippen molar-refractivity contribution in [3.63, 3.8) is 0 Å². The molecule has 0 radical (unpaired) electrons. The molecule has 0 bridgehead atoms. The second-order valence-corrected chi connectivity index (χ2v) is 4.61. The lowest BCUT2D eigenvalue weighted by Gasteiger charge is -2.20. The smallest absolute Gasteiger partial charge is 0.135 e. The lowest BCUT2D eigenvalue weighted by Crippen LogP contribution is -2.19.